The summed E-state index contributed by atoms with van der Waals surface area (Å²) in [6.07, 6.45) is 0. The second kappa shape index (κ2) is 9.33. The third-order valence-corrected chi connectivity index (χ3v) is 4.24. The van der Waals surface area contributed by atoms with Gasteiger partial charge in [-0.3, -0.25) is 4.79 Å². The first kappa shape index (κ1) is 17.5. The van der Waals surface area contributed by atoms with E-state index >= 15 is 0 Å². The Bertz CT molecular complexity index is 656. The molecule has 0 amide bonds. The number of Topliss-reactive ketones (excluding diaryl/α,β-unsaturated/α-hetero) is 1. The molecule has 0 aliphatic heterocycles. The smallest absolute Gasteiger partial charge is 0.220 e. The maximum atomic E-state index is 12.4. The lowest BCUT2D eigenvalue weighted by molar-refractivity contribution is 0.101. The van der Waals surface area contributed by atoms with Crippen LogP contribution in [0, 0.1) is 0 Å². The van der Waals surface area contributed by atoms with Crippen molar-refractivity contribution in [3.05, 3.63) is 65.7 Å². The van der Waals surface area contributed by atoms with Crippen molar-refractivity contribution < 1.29 is 14.3 Å². The Kier molecular flexibility index (Phi) is 7.10. The zero-order chi connectivity index (χ0) is 16.5. The van der Waals surface area contributed by atoms with Crippen molar-refractivity contribution in [3.8, 4) is 5.75 Å². The Labute approximate surface area is 146 Å². The molecule has 0 saturated heterocycles. The number of hydrogen-bond acceptors (Lipinski definition) is 5. The van der Waals surface area contributed by atoms with E-state index in [0.29, 0.717) is 28.9 Å². The molecule has 0 bridgehead atoms. The third kappa shape index (κ3) is 5.69. The van der Waals surface area contributed by atoms with E-state index in [4.69, 9.17) is 21.7 Å². The van der Waals surface area contributed by atoms with Crippen molar-refractivity contribution in [1.29, 1.82) is 0 Å². The maximum absolute atomic E-state index is 12.4. The first-order valence-electron chi connectivity index (χ1n) is 7.29. The van der Waals surface area contributed by atoms with Crippen molar-refractivity contribution in [2.75, 3.05) is 12.4 Å². The molecule has 0 N–H and O–H groups in total. The van der Waals surface area contributed by atoms with E-state index in [0.717, 1.165) is 5.56 Å². The maximum Gasteiger partial charge on any atom is 0.220 e. The summed E-state index contributed by atoms with van der Waals surface area (Å²) in [5.41, 5.74) is 1.62. The molecule has 3 nitrogen and oxygen atoms in total. The summed E-state index contributed by atoms with van der Waals surface area (Å²) in [5.74, 6) is 0.801. The van der Waals surface area contributed by atoms with Crippen LogP contribution in [-0.4, -0.2) is 22.5 Å². The average molecular weight is 346 g/mol. The first-order valence-corrected chi connectivity index (χ1v) is 8.68. The molecule has 0 fully saturated rings. The van der Waals surface area contributed by atoms with Gasteiger partial charge < -0.3 is 9.47 Å². The number of rotatable bonds is 7. The number of benzene rings is 2. The SMILES string of the molecule is CCOC(=S)SCC(=O)c1ccccc1OCc1ccccc1. The van der Waals surface area contributed by atoms with Crippen molar-refractivity contribution >= 4 is 34.1 Å². The number of ketones is 1. The Morgan fingerprint density at radius 1 is 1.09 bits per heavy atom. The molecular formula is C18H18O3S2. The van der Waals surface area contributed by atoms with Gasteiger partial charge in [0.1, 0.15) is 12.4 Å². The van der Waals surface area contributed by atoms with Gasteiger partial charge in [-0.15, -0.1) is 0 Å². The summed E-state index contributed by atoms with van der Waals surface area (Å²) >= 11 is 6.26. The Morgan fingerprint density at radius 2 is 1.78 bits per heavy atom. The van der Waals surface area contributed by atoms with Crippen molar-refractivity contribution in [2.24, 2.45) is 0 Å². The lowest BCUT2D eigenvalue weighted by Gasteiger charge is -2.11. The standard InChI is InChI=1S/C18H18O3S2/c1-2-20-18(22)23-13-16(19)15-10-6-7-11-17(15)21-12-14-8-4-3-5-9-14/h3-11H,2,12-13H2,1H3. The highest BCUT2D eigenvalue weighted by atomic mass is 32.2. The van der Waals surface area contributed by atoms with Crippen LogP contribution in [0.15, 0.2) is 54.6 Å². The van der Waals surface area contributed by atoms with Crippen LogP contribution in [0.1, 0.15) is 22.8 Å². The molecule has 0 atom stereocenters. The minimum absolute atomic E-state index is 0.0271. The highest BCUT2D eigenvalue weighted by Gasteiger charge is 2.13. The molecule has 0 saturated carbocycles. The summed E-state index contributed by atoms with van der Waals surface area (Å²) in [4.78, 5) is 12.4. The van der Waals surface area contributed by atoms with E-state index in [2.05, 4.69) is 0 Å². The lowest BCUT2D eigenvalue weighted by atomic mass is 10.1. The van der Waals surface area contributed by atoms with Gasteiger partial charge in [0.15, 0.2) is 5.78 Å². The van der Waals surface area contributed by atoms with Gasteiger partial charge in [0.25, 0.3) is 0 Å². The second-order valence-corrected chi connectivity index (χ2v) is 6.24. The minimum Gasteiger partial charge on any atom is -0.488 e. The van der Waals surface area contributed by atoms with Crippen molar-refractivity contribution in [2.45, 2.75) is 13.5 Å². The van der Waals surface area contributed by atoms with Gasteiger partial charge in [-0.05, 0) is 36.8 Å². The number of ether oxygens (including phenoxy) is 2. The molecule has 0 aliphatic rings. The van der Waals surface area contributed by atoms with Crippen LogP contribution in [0.5, 0.6) is 5.75 Å². The van der Waals surface area contributed by atoms with Crippen LogP contribution < -0.4 is 4.74 Å². The summed E-state index contributed by atoms with van der Waals surface area (Å²) in [5, 5.41) is 0. The van der Waals surface area contributed by atoms with Crippen LogP contribution in [-0.2, 0) is 11.3 Å². The molecular weight excluding hydrogens is 328 g/mol. The third-order valence-electron chi connectivity index (χ3n) is 3.01. The van der Waals surface area contributed by atoms with E-state index in [9.17, 15) is 4.79 Å². The molecule has 0 heterocycles. The van der Waals surface area contributed by atoms with Gasteiger partial charge in [-0.25, -0.2) is 0 Å². The number of hydrogen-bond donors (Lipinski definition) is 0. The van der Waals surface area contributed by atoms with E-state index in [1.807, 2.05) is 55.5 Å². The van der Waals surface area contributed by atoms with Crippen LogP contribution in [0.3, 0.4) is 0 Å². The molecule has 2 rings (SSSR count). The van der Waals surface area contributed by atoms with E-state index in [1.165, 1.54) is 11.8 Å². The fraction of sp³-hybridized carbons (Fsp3) is 0.222. The molecule has 120 valence electrons. The predicted molar refractivity (Wildman–Crippen MR) is 98.2 cm³/mol. The lowest BCUT2D eigenvalue weighted by Crippen LogP contribution is -2.08. The molecule has 2 aromatic rings. The highest BCUT2D eigenvalue weighted by molar-refractivity contribution is 8.23. The van der Waals surface area contributed by atoms with Crippen LogP contribution in [0.4, 0.5) is 0 Å². The van der Waals surface area contributed by atoms with Gasteiger partial charge in [0, 0.05) is 0 Å². The van der Waals surface area contributed by atoms with Gasteiger partial charge in [0.05, 0.1) is 17.9 Å². The molecule has 0 spiro atoms. The summed E-state index contributed by atoms with van der Waals surface area (Å²) < 4.78 is 11.4. The Hall–Kier alpha value is -1.85. The first-order chi connectivity index (χ1) is 11.2. The van der Waals surface area contributed by atoms with Crippen LogP contribution in [0.25, 0.3) is 0 Å². The molecule has 0 unspecified atom stereocenters. The molecule has 23 heavy (non-hydrogen) atoms. The van der Waals surface area contributed by atoms with Crippen molar-refractivity contribution in [1.82, 2.24) is 0 Å². The van der Waals surface area contributed by atoms with Gasteiger partial charge >= 0.3 is 0 Å². The normalized spacial score (nSPS) is 10.1. The summed E-state index contributed by atoms with van der Waals surface area (Å²) in [7, 11) is 0. The van der Waals surface area contributed by atoms with E-state index in [1.54, 1.807) is 6.07 Å². The number of carbonyl (C=O) groups is 1. The number of carbonyl (C=O) groups excluding carboxylic acids is 1. The van der Waals surface area contributed by atoms with Crippen LogP contribution >= 0.6 is 24.0 Å². The topological polar surface area (TPSA) is 35.5 Å². The summed E-state index contributed by atoms with van der Waals surface area (Å²) in [6.45, 7) is 2.80. The highest BCUT2D eigenvalue weighted by Crippen LogP contribution is 2.22. The zero-order valence-electron chi connectivity index (χ0n) is 12.9. The number of para-hydroxylation sites is 1. The van der Waals surface area contributed by atoms with E-state index in [-0.39, 0.29) is 11.5 Å². The predicted octanol–water partition coefficient (Wildman–Crippen LogP) is 4.50. The van der Waals surface area contributed by atoms with E-state index < -0.39 is 0 Å². The largest absolute Gasteiger partial charge is 0.488 e. The Morgan fingerprint density at radius 3 is 2.52 bits per heavy atom. The van der Waals surface area contributed by atoms with Gasteiger partial charge in [-0.1, -0.05) is 54.2 Å². The Balaban J connectivity index is 1.99. The molecule has 0 radical (unpaired) electrons. The zero-order valence-corrected chi connectivity index (χ0v) is 14.5. The quantitative estimate of drug-likeness (QED) is 0.545. The molecule has 0 aromatic heterocycles. The number of thioether (sulfide) groups is 1. The fourth-order valence-corrected chi connectivity index (χ4v) is 2.82. The minimum atomic E-state index is -0.0271. The molecule has 0 aliphatic carbocycles. The fourth-order valence-electron chi connectivity index (χ4n) is 1.92. The van der Waals surface area contributed by atoms with Gasteiger partial charge in [0.2, 0.25) is 4.38 Å². The molecule has 2 aromatic carbocycles. The second-order valence-electron chi connectivity index (χ2n) is 4.67. The van der Waals surface area contributed by atoms with Crippen LogP contribution in [0.2, 0.25) is 0 Å². The summed E-state index contributed by atoms with van der Waals surface area (Å²) in [6, 6.07) is 17.1. The van der Waals surface area contributed by atoms with Crippen molar-refractivity contribution in [3.63, 3.8) is 0 Å². The average Bonchev–Trinajstić information content (AvgIpc) is 2.59. The number of thiocarbonyl (C=S) groups is 1. The molecule has 5 heteroatoms. The van der Waals surface area contributed by atoms with Gasteiger partial charge in [-0.2, -0.15) is 0 Å². The monoisotopic (exact) mass is 346 g/mol.